The second-order valence-electron chi connectivity index (χ2n) is 5.67. The van der Waals surface area contributed by atoms with E-state index in [1.807, 2.05) is 0 Å². The van der Waals surface area contributed by atoms with E-state index in [4.69, 9.17) is 9.47 Å². The Morgan fingerprint density at radius 1 is 1.19 bits per heavy atom. The molecule has 3 nitrogen and oxygen atoms in total. The third-order valence-corrected chi connectivity index (χ3v) is 4.63. The van der Waals surface area contributed by atoms with Crippen LogP contribution in [0.15, 0.2) is 16.6 Å². The van der Waals surface area contributed by atoms with Crippen LogP contribution in [-0.4, -0.2) is 19.8 Å². The lowest BCUT2D eigenvalue weighted by Gasteiger charge is -2.27. The summed E-state index contributed by atoms with van der Waals surface area (Å²) in [5.74, 6) is 2.30. The maximum atomic E-state index is 5.84. The van der Waals surface area contributed by atoms with Gasteiger partial charge in [0, 0.05) is 16.9 Å². The van der Waals surface area contributed by atoms with Crippen molar-refractivity contribution < 1.29 is 9.47 Å². The van der Waals surface area contributed by atoms with Gasteiger partial charge in [-0.1, -0.05) is 43.1 Å². The standard InChI is InChI=1S/C17H26BrNO2/c1-4-7-12(3)17(19-5-2)13-10-15-16(11-14(13)18)21-9-6-8-20-15/h10-12,17,19H,4-9H2,1-3H3. The van der Waals surface area contributed by atoms with Gasteiger partial charge in [0.25, 0.3) is 0 Å². The van der Waals surface area contributed by atoms with Crippen LogP contribution in [0.5, 0.6) is 11.5 Å². The lowest BCUT2D eigenvalue weighted by molar-refractivity contribution is 0.296. The molecule has 0 spiro atoms. The highest BCUT2D eigenvalue weighted by molar-refractivity contribution is 9.10. The fraction of sp³-hybridized carbons (Fsp3) is 0.647. The van der Waals surface area contributed by atoms with Crippen LogP contribution in [0.1, 0.15) is 51.6 Å². The molecule has 1 aromatic rings. The first kappa shape index (κ1) is 16.6. The van der Waals surface area contributed by atoms with E-state index in [9.17, 15) is 0 Å². The van der Waals surface area contributed by atoms with Crippen molar-refractivity contribution in [3.8, 4) is 11.5 Å². The summed E-state index contributed by atoms with van der Waals surface area (Å²) in [4.78, 5) is 0. The number of benzene rings is 1. The van der Waals surface area contributed by atoms with Crippen molar-refractivity contribution in [1.29, 1.82) is 0 Å². The summed E-state index contributed by atoms with van der Waals surface area (Å²) in [6, 6.07) is 4.53. The first-order chi connectivity index (χ1) is 10.2. The van der Waals surface area contributed by atoms with E-state index in [0.29, 0.717) is 12.0 Å². The van der Waals surface area contributed by atoms with Gasteiger partial charge in [0.1, 0.15) is 0 Å². The molecule has 0 aromatic heterocycles. The highest BCUT2D eigenvalue weighted by Gasteiger charge is 2.23. The smallest absolute Gasteiger partial charge is 0.162 e. The molecule has 1 heterocycles. The Kier molecular flexibility index (Phi) is 6.37. The molecule has 0 aliphatic carbocycles. The van der Waals surface area contributed by atoms with Crippen LogP contribution >= 0.6 is 15.9 Å². The molecule has 1 N–H and O–H groups in total. The van der Waals surface area contributed by atoms with Crippen molar-refractivity contribution in [3.63, 3.8) is 0 Å². The van der Waals surface area contributed by atoms with Crippen LogP contribution in [0.4, 0.5) is 0 Å². The van der Waals surface area contributed by atoms with Gasteiger partial charge in [-0.25, -0.2) is 0 Å². The van der Waals surface area contributed by atoms with Gasteiger partial charge < -0.3 is 14.8 Å². The number of halogens is 1. The van der Waals surface area contributed by atoms with Crippen LogP contribution in [0.3, 0.4) is 0 Å². The van der Waals surface area contributed by atoms with Crippen LogP contribution in [0, 0.1) is 5.92 Å². The number of fused-ring (bicyclic) bond motifs is 1. The summed E-state index contributed by atoms with van der Waals surface area (Å²) in [6.07, 6.45) is 3.34. The fourth-order valence-corrected chi connectivity index (χ4v) is 3.47. The second kappa shape index (κ2) is 8.04. The summed E-state index contributed by atoms with van der Waals surface area (Å²) in [7, 11) is 0. The maximum absolute atomic E-state index is 5.84. The molecule has 0 bridgehead atoms. The number of rotatable bonds is 6. The SMILES string of the molecule is CCCC(C)C(NCC)c1cc2c(cc1Br)OCCCO2. The molecule has 21 heavy (non-hydrogen) atoms. The Labute approximate surface area is 136 Å². The van der Waals surface area contributed by atoms with E-state index >= 15 is 0 Å². The van der Waals surface area contributed by atoms with Gasteiger partial charge >= 0.3 is 0 Å². The molecule has 0 radical (unpaired) electrons. The predicted octanol–water partition coefficient (Wildman–Crippen LogP) is 4.70. The van der Waals surface area contributed by atoms with Crippen molar-refractivity contribution in [1.82, 2.24) is 5.32 Å². The monoisotopic (exact) mass is 355 g/mol. The Balaban J connectivity index is 2.33. The van der Waals surface area contributed by atoms with Gasteiger partial charge in [-0.15, -0.1) is 0 Å². The van der Waals surface area contributed by atoms with Crippen LogP contribution in [-0.2, 0) is 0 Å². The van der Waals surface area contributed by atoms with E-state index in [0.717, 1.165) is 42.2 Å². The Bertz CT molecular complexity index is 464. The van der Waals surface area contributed by atoms with Crippen LogP contribution < -0.4 is 14.8 Å². The number of ether oxygens (including phenoxy) is 2. The van der Waals surface area contributed by atoms with Crippen molar-refractivity contribution >= 4 is 15.9 Å². The minimum Gasteiger partial charge on any atom is -0.490 e. The van der Waals surface area contributed by atoms with Crippen molar-refractivity contribution in [2.45, 2.75) is 46.1 Å². The van der Waals surface area contributed by atoms with Gasteiger partial charge in [0.15, 0.2) is 11.5 Å². The van der Waals surface area contributed by atoms with Crippen LogP contribution in [0.25, 0.3) is 0 Å². The molecular weight excluding hydrogens is 330 g/mol. The minimum absolute atomic E-state index is 0.335. The summed E-state index contributed by atoms with van der Waals surface area (Å²) in [6.45, 7) is 9.11. The van der Waals surface area contributed by atoms with E-state index in [2.05, 4.69) is 54.2 Å². The number of hydrogen-bond donors (Lipinski definition) is 1. The molecule has 0 amide bonds. The van der Waals surface area contributed by atoms with Crippen molar-refractivity contribution in [2.75, 3.05) is 19.8 Å². The lowest BCUT2D eigenvalue weighted by atomic mass is 9.90. The first-order valence-electron chi connectivity index (χ1n) is 7.99. The van der Waals surface area contributed by atoms with E-state index in [1.54, 1.807) is 0 Å². The summed E-state index contributed by atoms with van der Waals surface area (Å²) in [5, 5.41) is 3.62. The van der Waals surface area contributed by atoms with Gasteiger partial charge in [0.05, 0.1) is 13.2 Å². The topological polar surface area (TPSA) is 30.5 Å². The quantitative estimate of drug-likeness (QED) is 0.802. The second-order valence-corrected chi connectivity index (χ2v) is 6.53. The molecule has 2 rings (SSSR count). The molecule has 0 saturated carbocycles. The zero-order chi connectivity index (χ0) is 15.2. The average Bonchev–Trinajstić information content (AvgIpc) is 2.69. The Morgan fingerprint density at radius 2 is 1.86 bits per heavy atom. The molecule has 0 fully saturated rings. The van der Waals surface area contributed by atoms with E-state index in [-0.39, 0.29) is 0 Å². The highest BCUT2D eigenvalue weighted by Crippen LogP contribution is 2.40. The van der Waals surface area contributed by atoms with E-state index < -0.39 is 0 Å². The fourth-order valence-electron chi connectivity index (χ4n) is 2.90. The molecule has 1 aliphatic heterocycles. The molecule has 1 aliphatic rings. The Hall–Kier alpha value is -0.740. The minimum atomic E-state index is 0.335. The van der Waals surface area contributed by atoms with Crippen LogP contribution in [0.2, 0.25) is 0 Å². The largest absolute Gasteiger partial charge is 0.490 e. The van der Waals surface area contributed by atoms with Crippen molar-refractivity contribution in [2.24, 2.45) is 5.92 Å². The molecule has 2 atom stereocenters. The predicted molar refractivity (Wildman–Crippen MR) is 90.2 cm³/mol. The van der Waals surface area contributed by atoms with Gasteiger partial charge in [0.2, 0.25) is 0 Å². The lowest BCUT2D eigenvalue weighted by Crippen LogP contribution is -2.27. The third-order valence-electron chi connectivity index (χ3n) is 3.94. The van der Waals surface area contributed by atoms with Gasteiger partial charge in [-0.2, -0.15) is 0 Å². The summed E-state index contributed by atoms with van der Waals surface area (Å²) >= 11 is 3.72. The average molecular weight is 356 g/mol. The molecule has 4 heteroatoms. The number of nitrogens with one attached hydrogen (secondary N) is 1. The molecule has 1 aromatic carbocycles. The maximum Gasteiger partial charge on any atom is 0.162 e. The van der Waals surface area contributed by atoms with Gasteiger partial charge in [-0.3, -0.25) is 0 Å². The first-order valence-corrected chi connectivity index (χ1v) is 8.79. The van der Waals surface area contributed by atoms with Gasteiger partial charge in [-0.05, 0) is 36.6 Å². The van der Waals surface area contributed by atoms with E-state index in [1.165, 1.54) is 18.4 Å². The van der Waals surface area contributed by atoms with Crippen molar-refractivity contribution in [3.05, 3.63) is 22.2 Å². The highest BCUT2D eigenvalue weighted by atomic mass is 79.9. The zero-order valence-corrected chi connectivity index (χ0v) is 14.8. The molecule has 118 valence electrons. The summed E-state index contributed by atoms with van der Waals surface area (Å²) in [5.41, 5.74) is 1.27. The molecule has 0 saturated heterocycles. The normalized spacial score (nSPS) is 17.1. The summed E-state index contributed by atoms with van der Waals surface area (Å²) < 4.78 is 12.7. The third kappa shape index (κ3) is 4.13. The Morgan fingerprint density at radius 3 is 2.48 bits per heavy atom. The zero-order valence-electron chi connectivity index (χ0n) is 13.2. The number of hydrogen-bond acceptors (Lipinski definition) is 3. The molecule has 2 unspecified atom stereocenters. The molecular formula is C17H26BrNO2.